The topological polar surface area (TPSA) is 67.7 Å². The van der Waals surface area contributed by atoms with E-state index in [0.717, 1.165) is 37.1 Å². The number of hydrogen-bond donors (Lipinski definition) is 0. The summed E-state index contributed by atoms with van der Waals surface area (Å²) < 4.78 is 6.80. The van der Waals surface area contributed by atoms with E-state index in [9.17, 15) is 9.59 Å². The molecule has 142 valence electrons. The van der Waals surface area contributed by atoms with E-state index in [-0.39, 0.29) is 23.9 Å². The second-order valence-electron chi connectivity index (χ2n) is 7.36. The first-order valence-electron chi connectivity index (χ1n) is 9.28. The Bertz CT molecular complexity index is 852. The number of anilines is 1. The van der Waals surface area contributed by atoms with Gasteiger partial charge in [0.05, 0.1) is 12.6 Å². The number of carbonyl (C=O) groups is 2. The third-order valence-corrected chi connectivity index (χ3v) is 5.73. The quantitative estimate of drug-likeness (QED) is 0.833. The van der Waals surface area contributed by atoms with Crippen molar-refractivity contribution in [3.8, 4) is 5.75 Å². The van der Waals surface area contributed by atoms with Gasteiger partial charge in [-0.1, -0.05) is 12.8 Å². The zero-order valence-corrected chi connectivity index (χ0v) is 15.7. The Morgan fingerprint density at radius 1 is 1.15 bits per heavy atom. The lowest BCUT2D eigenvalue weighted by Gasteiger charge is -2.48. The minimum absolute atomic E-state index is 0.0381. The normalized spacial score (nSPS) is 19.0. The number of methoxy groups -OCH3 is 1. The number of amides is 2. The van der Waals surface area contributed by atoms with Gasteiger partial charge in [-0.25, -0.2) is 0 Å². The molecule has 0 atom stereocenters. The molecule has 27 heavy (non-hydrogen) atoms. The maximum absolute atomic E-state index is 13.2. The number of benzene rings is 1. The summed E-state index contributed by atoms with van der Waals surface area (Å²) in [4.78, 5) is 29.7. The van der Waals surface area contributed by atoms with Crippen LogP contribution in [0.3, 0.4) is 0 Å². The number of hydrogen-bond acceptors (Lipinski definition) is 4. The molecule has 7 heteroatoms. The zero-order chi connectivity index (χ0) is 19.0. The van der Waals surface area contributed by atoms with Gasteiger partial charge in [0.25, 0.3) is 5.91 Å². The van der Waals surface area contributed by atoms with E-state index in [1.54, 1.807) is 36.0 Å². The van der Waals surface area contributed by atoms with Gasteiger partial charge in [0.1, 0.15) is 18.0 Å². The van der Waals surface area contributed by atoms with Crippen molar-refractivity contribution < 1.29 is 14.3 Å². The van der Waals surface area contributed by atoms with Gasteiger partial charge in [-0.05, 0) is 43.2 Å². The SMILES string of the molecule is COc1ccc(N2C(=O)CN(C(=O)c3ccnn3C)CC23CCCC3)cc1. The summed E-state index contributed by atoms with van der Waals surface area (Å²) in [7, 11) is 3.37. The molecule has 0 bridgehead atoms. The Labute approximate surface area is 158 Å². The Kier molecular flexibility index (Phi) is 4.37. The molecule has 1 aliphatic heterocycles. The summed E-state index contributed by atoms with van der Waals surface area (Å²) in [5.74, 6) is 0.588. The van der Waals surface area contributed by atoms with Gasteiger partial charge in [-0.2, -0.15) is 5.10 Å². The third kappa shape index (κ3) is 2.97. The standard InChI is InChI=1S/C20H24N4O3/c1-22-17(9-12-21-22)19(26)23-13-18(25)24(20(14-23)10-3-4-11-20)15-5-7-16(27-2)8-6-15/h5-9,12H,3-4,10-11,13-14H2,1-2H3. The van der Waals surface area contributed by atoms with Crippen LogP contribution in [0.4, 0.5) is 5.69 Å². The van der Waals surface area contributed by atoms with Crippen LogP contribution in [0.25, 0.3) is 0 Å². The Morgan fingerprint density at radius 3 is 2.44 bits per heavy atom. The van der Waals surface area contributed by atoms with Crippen molar-refractivity contribution in [1.82, 2.24) is 14.7 Å². The van der Waals surface area contributed by atoms with Crippen LogP contribution in [0, 0.1) is 0 Å². The molecule has 2 heterocycles. The maximum Gasteiger partial charge on any atom is 0.272 e. The summed E-state index contributed by atoms with van der Waals surface area (Å²) in [6.45, 7) is 0.632. The van der Waals surface area contributed by atoms with Crippen LogP contribution in [0.5, 0.6) is 5.75 Å². The van der Waals surface area contributed by atoms with Crippen LogP contribution in [0.2, 0.25) is 0 Å². The summed E-state index contributed by atoms with van der Waals surface area (Å²) in [5, 5.41) is 4.08. The van der Waals surface area contributed by atoms with Crippen LogP contribution >= 0.6 is 0 Å². The fourth-order valence-electron chi connectivity index (χ4n) is 4.43. The van der Waals surface area contributed by atoms with Crippen LogP contribution < -0.4 is 9.64 Å². The lowest BCUT2D eigenvalue weighted by atomic mass is 9.90. The molecule has 0 radical (unpaired) electrons. The summed E-state index contributed by atoms with van der Waals surface area (Å²) >= 11 is 0. The van der Waals surface area contributed by atoms with Crippen LogP contribution in [0.1, 0.15) is 36.2 Å². The number of nitrogens with zero attached hydrogens (tertiary/aromatic N) is 4. The van der Waals surface area contributed by atoms with E-state index >= 15 is 0 Å². The average molecular weight is 368 g/mol. The number of piperazine rings is 1. The Morgan fingerprint density at radius 2 is 1.85 bits per heavy atom. The van der Waals surface area contributed by atoms with E-state index in [1.165, 1.54) is 0 Å². The van der Waals surface area contributed by atoms with Crippen molar-refractivity contribution in [3.63, 3.8) is 0 Å². The molecular weight excluding hydrogens is 344 g/mol. The van der Waals surface area contributed by atoms with Gasteiger partial charge >= 0.3 is 0 Å². The van der Waals surface area contributed by atoms with Crippen molar-refractivity contribution in [2.45, 2.75) is 31.2 Å². The van der Waals surface area contributed by atoms with E-state index in [2.05, 4.69) is 5.10 Å². The van der Waals surface area contributed by atoms with Crippen molar-refractivity contribution >= 4 is 17.5 Å². The molecule has 1 aliphatic carbocycles. The third-order valence-electron chi connectivity index (χ3n) is 5.73. The lowest BCUT2D eigenvalue weighted by Crippen LogP contribution is -2.65. The zero-order valence-electron chi connectivity index (χ0n) is 15.7. The molecule has 0 unspecified atom stereocenters. The Hall–Kier alpha value is -2.83. The molecule has 2 fully saturated rings. The molecule has 2 aromatic rings. The van der Waals surface area contributed by atoms with Crippen LogP contribution in [-0.4, -0.2) is 52.2 Å². The van der Waals surface area contributed by atoms with E-state index in [4.69, 9.17) is 4.74 Å². The van der Waals surface area contributed by atoms with E-state index in [0.29, 0.717) is 12.2 Å². The predicted octanol–water partition coefficient (Wildman–Crippen LogP) is 2.23. The summed E-state index contributed by atoms with van der Waals surface area (Å²) in [6.07, 6.45) is 5.54. The molecule has 1 spiro atoms. The minimum Gasteiger partial charge on any atom is -0.497 e. The maximum atomic E-state index is 13.2. The van der Waals surface area contributed by atoms with Crippen LogP contribution in [-0.2, 0) is 11.8 Å². The van der Waals surface area contributed by atoms with E-state index < -0.39 is 0 Å². The van der Waals surface area contributed by atoms with Gasteiger partial charge < -0.3 is 14.5 Å². The number of rotatable bonds is 3. The molecule has 1 saturated heterocycles. The van der Waals surface area contributed by atoms with Crippen molar-refractivity contribution in [2.24, 2.45) is 7.05 Å². The second-order valence-corrected chi connectivity index (χ2v) is 7.36. The van der Waals surface area contributed by atoms with E-state index in [1.807, 2.05) is 29.2 Å². The second kappa shape index (κ2) is 6.72. The smallest absolute Gasteiger partial charge is 0.272 e. The first kappa shape index (κ1) is 17.6. The molecule has 7 nitrogen and oxygen atoms in total. The van der Waals surface area contributed by atoms with Gasteiger partial charge in [0, 0.05) is 25.5 Å². The average Bonchev–Trinajstić information content (AvgIpc) is 3.30. The fraction of sp³-hybridized carbons (Fsp3) is 0.450. The minimum atomic E-state index is -0.335. The van der Waals surface area contributed by atoms with Crippen molar-refractivity contribution in [1.29, 1.82) is 0 Å². The fourth-order valence-corrected chi connectivity index (χ4v) is 4.43. The number of carbonyl (C=O) groups excluding carboxylic acids is 2. The summed E-state index contributed by atoms with van der Waals surface area (Å²) in [5.41, 5.74) is 1.04. The van der Waals surface area contributed by atoms with Crippen molar-refractivity contribution in [3.05, 3.63) is 42.2 Å². The van der Waals surface area contributed by atoms with Crippen LogP contribution in [0.15, 0.2) is 36.5 Å². The first-order valence-corrected chi connectivity index (χ1v) is 9.28. The number of aromatic nitrogens is 2. The highest BCUT2D eigenvalue weighted by molar-refractivity contribution is 6.02. The van der Waals surface area contributed by atoms with Gasteiger partial charge in [-0.3, -0.25) is 14.3 Å². The monoisotopic (exact) mass is 368 g/mol. The summed E-state index contributed by atoms with van der Waals surface area (Å²) in [6, 6.07) is 9.30. The van der Waals surface area contributed by atoms with Gasteiger partial charge in [-0.15, -0.1) is 0 Å². The predicted molar refractivity (Wildman–Crippen MR) is 101 cm³/mol. The molecule has 1 saturated carbocycles. The number of aryl methyl sites for hydroxylation is 1. The molecule has 1 aromatic heterocycles. The first-order chi connectivity index (χ1) is 13.0. The largest absolute Gasteiger partial charge is 0.497 e. The molecule has 2 aliphatic rings. The molecule has 0 N–H and O–H groups in total. The lowest BCUT2D eigenvalue weighted by molar-refractivity contribution is -0.123. The van der Waals surface area contributed by atoms with Crippen molar-refractivity contribution in [2.75, 3.05) is 25.1 Å². The van der Waals surface area contributed by atoms with Gasteiger partial charge in [0.2, 0.25) is 5.91 Å². The molecule has 2 amide bonds. The molecule has 1 aromatic carbocycles. The molecular formula is C20H24N4O3. The highest BCUT2D eigenvalue weighted by atomic mass is 16.5. The number of ether oxygens (including phenoxy) is 1. The van der Waals surface area contributed by atoms with Gasteiger partial charge in [0.15, 0.2) is 0 Å². The Balaban J connectivity index is 1.66. The molecule has 4 rings (SSSR count). The highest BCUT2D eigenvalue weighted by Gasteiger charge is 2.49. The highest BCUT2D eigenvalue weighted by Crippen LogP contribution is 2.41.